The van der Waals surface area contributed by atoms with Crippen molar-refractivity contribution in [1.82, 2.24) is 10.2 Å². The minimum absolute atomic E-state index is 0.0423. The molecule has 12 heteroatoms. The van der Waals surface area contributed by atoms with Crippen molar-refractivity contribution < 1.29 is 33.5 Å². The number of hydrogen-bond donors (Lipinski definition) is 1. The molecule has 1 fully saturated rings. The molecule has 0 bridgehead atoms. The quantitative estimate of drug-likeness (QED) is 0.194. The molecule has 3 aromatic rings. The van der Waals surface area contributed by atoms with E-state index in [9.17, 15) is 9.59 Å². The van der Waals surface area contributed by atoms with Crippen molar-refractivity contribution in [2.45, 2.75) is 57.1 Å². The van der Waals surface area contributed by atoms with E-state index in [1.165, 1.54) is 11.3 Å². The average molecular weight is 730 g/mol. The maximum Gasteiger partial charge on any atom is 0.348 e. The molecule has 1 saturated heterocycles. The minimum Gasteiger partial charge on any atom is -0.464 e. The van der Waals surface area contributed by atoms with E-state index in [1.807, 2.05) is 54.6 Å². The molecular weight excluding hydrogens is 685 g/mol. The fraction of sp³-hybridized carbons (Fsp3) is 0.432. The summed E-state index contributed by atoms with van der Waals surface area (Å²) in [5, 5.41) is 4.24. The topological polar surface area (TPSA) is 100 Å². The third-order valence-corrected chi connectivity index (χ3v) is 10.9. The Morgan fingerprint density at radius 1 is 1.04 bits per heavy atom. The highest BCUT2D eigenvalue weighted by atomic mass is 35.5. The molecule has 3 heterocycles. The number of aromatic nitrogens is 1. The maximum atomic E-state index is 13.6. The van der Waals surface area contributed by atoms with Gasteiger partial charge in [0.15, 0.2) is 12.4 Å². The Labute approximate surface area is 302 Å². The summed E-state index contributed by atoms with van der Waals surface area (Å²) in [5.41, 5.74) is 2.16. The first-order valence-corrected chi connectivity index (χ1v) is 17.9. The van der Waals surface area contributed by atoms with Crippen LogP contribution in [0.2, 0.25) is 10.0 Å². The van der Waals surface area contributed by atoms with E-state index in [0.717, 1.165) is 41.9 Å². The van der Waals surface area contributed by atoms with Crippen LogP contribution in [0.4, 0.5) is 0 Å². The Hall–Kier alpha value is -3.09. The maximum absolute atomic E-state index is 13.6. The molecule has 2 aromatic heterocycles. The van der Waals surface area contributed by atoms with E-state index in [1.54, 1.807) is 32.7 Å². The number of methoxy groups -OCH3 is 2. The number of rotatable bonds is 14. The van der Waals surface area contributed by atoms with E-state index in [-0.39, 0.29) is 30.0 Å². The molecule has 1 aromatic carbocycles. The lowest BCUT2D eigenvalue weighted by atomic mass is 9.81. The fourth-order valence-corrected chi connectivity index (χ4v) is 7.33. The van der Waals surface area contributed by atoms with E-state index in [2.05, 4.69) is 29.2 Å². The van der Waals surface area contributed by atoms with Gasteiger partial charge in [-0.3, -0.25) is 5.32 Å². The van der Waals surface area contributed by atoms with Crippen LogP contribution in [0.1, 0.15) is 51.5 Å². The van der Waals surface area contributed by atoms with Gasteiger partial charge in [0.05, 0.1) is 6.61 Å². The van der Waals surface area contributed by atoms with E-state index < -0.39 is 18.1 Å². The summed E-state index contributed by atoms with van der Waals surface area (Å²) in [6.07, 6.45) is 9.78. The van der Waals surface area contributed by atoms with E-state index in [0.29, 0.717) is 33.6 Å². The second kappa shape index (κ2) is 17.2. The number of nitrogens with zero attached hydrogens (tertiary/aromatic N) is 1. The zero-order chi connectivity index (χ0) is 35.0. The van der Waals surface area contributed by atoms with Gasteiger partial charge in [0.25, 0.3) is 0 Å². The van der Waals surface area contributed by atoms with Crippen LogP contribution in [0.25, 0.3) is 0 Å². The van der Waals surface area contributed by atoms with Gasteiger partial charge in [-0.1, -0.05) is 72.6 Å². The first-order valence-electron chi connectivity index (χ1n) is 16.3. The predicted molar refractivity (Wildman–Crippen MR) is 191 cm³/mol. The molecule has 0 radical (unpaired) electrons. The van der Waals surface area contributed by atoms with Gasteiger partial charge < -0.3 is 23.8 Å². The van der Waals surface area contributed by atoms with Gasteiger partial charge in [-0.15, -0.1) is 11.3 Å². The SMILES string of the molecule is COC1C=CC(C(Cc2c(Cl)c[nH+]cc2Cl)OC(=O)c2ccc(CNC(C(=O)OCC3(C)CCN(C)CC3)c3ccccc3)s2)=CC1OC. The lowest BCUT2D eigenvalue weighted by molar-refractivity contribution is -0.377. The number of likely N-dealkylation sites (tertiary alicyclic amines) is 1. The number of carbonyl (C=O) groups is 2. The number of carbonyl (C=O) groups excluding carboxylic acids is 2. The standard InChI is InChI=1S/C37H43Cl2N3O6S/c1-37(14-16-42(2)17-15-37)23-47-36(44)34(24-8-6-5-7-9-24)41-20-26-11-13-33(49-26)35(43)48-31(19-27-28(38)21-40-22-29(27)39)25-10-12-30(45-3)32(18-25)46-4/h5-13,18,21-22,30-32,34,41H,14-17,19-20,23H2,1-4H3/p+1. The van der Waals surface area contributed by atoms with Gasteiger partial charge in [0, 0.05) is 43.0 Å². The molecule has 9 nitrogen and oxygen atoms in total. The molecular formula is C37H44Cl2N3O6S+. The molecule has 0 amide bonds. The highest BCUT2D eigenvalue weighted by molar-refractivity contribution is 7.13. The Balaban J connectivity index is 1.28. The molecule has 4 atom stereocenters. The van der Waals surface area contributed by atoms with Gasteiger partial charge in [-0.25, -0.2) is 14.6 Å². The second-order valence-electron chi connectivity index (χ2n) is 12.9. The second-order valence-corrected chi connectivity index (χ2v) is 14.8. The summed E-state index contributed by atoms with van der Waals surface area (Å²) >= 11 is 14.3. The number of thiophene rings is 1. The van der Waals surface area contributed by atoms with E-state index >= 15 is 0 Å². The number of H-pyrrole nitrogens is 1. The summed E-state index contributed by atoms with van der Waals surface area (Å²) in [7, 11) is 5.33. The van der Waals surface area contributed by atoms with Crippen molar-refractivity contribution in [3.05, 3.63) is 110 Å². The smallest absolute Gasteiger partial charge is 0.348 e. The van der Waals surface area contributed by atoms with Crippen LogP contribution >= 0.6 is 34.5 Å². The number of aromatic amines is 1. The number of esters is 2. The summed E-state index contributed by atoms with van der Waals surface area (Å²) in [6.45, 7) is 4.89. The summed E-state index contributed by atoms with van der Waals surface area (Å²) in [4.78, 5) is 33.6. The van der Waals surface area contributed by atoms with Crippen molar-refractivity contribution in [2.24, 2.45) is 5.41 Å². The number of hydrogen-bond acceptors (Lipinski definition) is 9. The number of nitrogens with one attached hydrogen (secondary N) is 2. The van der Waals surface area contributed by atoms with Crippen LogP contribution in [0, 0.1) is 5.41 Å². The van der Waals surface area contributed by atoms with Gasteiger partial charge in [-0.2, -0.15) is 0 Å². The largest absolute Gasteiger partial charge is 0.464 e. The lowest BCUT2D eigenvalue weighted by Gasteiger charge is -2.37. The number of pyridine rings is 1. The Bertz CT molecular complexity index is 1620. The normalized spacial score (nSPS) is 20.3. The number of ether oxygens (including phenoxy) is 4. The van der Waals surface area contributed by atoms with Crippen molar-refractivity contribution >= 4 is 46.5 Å². The molecule has 0 spiro atoms. The van der Waals surface area contributed by atoms with Crippen LogP contribution in [0.5, 0.6) is 0 Å². The van der Waals surface area contributed by atoms with Crippen molar-refractivity contribution in [3.63, 3.8) is 0 Å². The molecule has 2 aliphatic rings. The number of benzene rings is 1. The first kappa shape index (κ1) is 37.2. The van der Waals surface area contributed by atoms with Gasteiger partial charge in [0.2, 0.25) is 0 Å². The predicted octanol–water partition coefficient (Wildman–Crippen LogP) is 6.27. The third-order valence-electron chi connectivity index (χ3n) is 9.18. The number of piperidine rings is 1. The molecule has 1 aliphatic carbocycles. The molecule has 49 heavy (non-hydrogen) atoms. The Kier molecular flexibility index (Phi) is 13.1. The Morgan fingerprint density at radius 2 is 1.73 bits per heavy atom. The van der Waals surface area contributed by atoms with Crippen molar-refractivity contribution in [3.8, 4) is 0 Å². The fourth-order valence-electron chi connectivity index (χ4n) is 5.96. The highest BCUT2D eigenvalue weighted by Crippen LogP contribution is 2.32. The van der Waals surface area contributed by atoms with Crippen LogP contribution in [0.3, 0.4) is 0 Å². The molecule has 4 unspecified atom stereocenters. The highest BCUT2D eigenvalue weighted by Gasteiger charge is 2.33. The zero-order valence-electron chi connectivity index (χ0n) is 28.2. The van der Waals surface area contributed by atoms with Gasteiger partial charge >= 0.3 is 11.9 Å². The summed E-state index contributed by atoms with van der Waals surface area (Å²) < 4.78 is 23.2. The van der Waals surface area contributed by atoms with Crippen LogP contribution in [-0.2, 0) is 36.7 Å². The lowest BCUT2D eigenvalue weighted by Crippen LogP contribution is -2.40. The average Bonchev–Trinajstić information content (AvgIpc) is 3.59. The van der Waals surface area contributed by atoms with Gasteiger partial charge in [0.1, 0.15) is 39.3 Å². The molecule has 0 saturated carbocycles. The van der Waals surface area contributed by atoms with E-state index in [4.69, 9.17) is 42.1 Å². The number of halogens is 2. The molecule has 5 rings (SSSR count). The zero-order valence-corrected chi connectivity index (χ0v) is 30.6. The van der Waals surface area contributed by atoms with Crippen molar-refractivity contribution in [1.29, 1.82) is 0 Å². The summed E-state index contributed by atoms with van der Waals surface area (Å²) in [5.74, 6) is -0.807. The van der Waals surface area contributed by atoms with Gasteiger partial charge in [-0.05, 0) is 62.3 Å². The van der Waals surface area contributed by atoms with Crippen molar-refractivity contribution in [2.75, 3.05) is 41.0 Å². The van der Waals surface area contributed by atoms with Crippen LogP contribution < -0.4 is 10.3 Å². The Morgan fingerprint density at radius 3 is 2.41 bits per heavy atom. The monoisotopic (exact) mass is 728 g/mol. The molecule has 262 valence electrons. The molecule has 1 aliphatic heterocycles. The minimum atomic E-state index is -0.705. The first-order chi connectivity index (χ1) is 23.6. The van der Waals surface area contributed by atoms with Crippen LogP contribution in [0.15, 0.2) is 78.7 Å². The summed E-state index contributed by atoms with van der Waals surface area (Å²) in [6, 6.07) is 12.5. The van der Waals surface area contributed by atoms with Crippen LogP contribution in [-0.4, -0.2) is 76.1 Å². The third kappa shape index (κ3) is 9.79. The molecule has 2 N–H and O–H groups in total.